The highest BCUT2D eigenvalue weighted by Gasteiger charge is 2.10. The highest BCUT2D eigenvalue weighted by Crippen LogP contribution is 2.28. The van der Waals surface area contributed by atoms with Crippen LogP contribution in [0.2, 0.25) is 10.4 Å². The lowest BCUT2D eigenvalue weighted by Gasteiger charge is -2.10. The Bertz CT molecular complexity index is 609. The molecule has 0 saturated carbocycles. The first-order valence-electron chi connectivity index (χ1n) is 4.76. The van der Waals surface area contributed by atoms with E-state index in [0.717, 1.165) is 5.56 Å². The fraction of sp³-hybridized carbons (Fsp3) is 0.100. The molecule has 0 atom stereocenters. The topological polar surface area (TPSA) is 50.7 Å². The molecule has 4 nitrogen and oxygen atoms in total. The van der Waals surface area contributed by atoms with Gasteiger partial charge in [-0.05, 0) is 52.2 Å². The number of nitrogens with one attached hydrogen (secondary N) is 1. The van der Waals surface area contributed by atoms with Crippen molar-refractivity contribution in [2.24, 2.45) is 0 Å². The molecular formula is C10H6BrCl2FN4. The van der Waals surface area contributed by atoms with Gasteiger partial charge in [-0.25, -0.2) is 4.39 Å². The highest BCUT2D eigenvalue weighted by atomic mass is 79.9. The van der Waals surface area contributed by atoms with Crippen molar-refractivity contribution in [3.63, 3.8) is 0 Å². The van der Waals surface area contributed by atoms with Crippen molar-refractivity contribution in [1.82, 2.24) is 15.2 Å². The lowest BCUT2D eigenvalue weighted by atomic mass is 10.2. The summed E-state index contributed by atoms with van der Waals surface area (Å²) >= 11 is 14.5. The zero-order valence-electron chi connectivity index (χ0n) is 9.01. The van der Waals surface area contributed by atoms with Gasteiger partial charge in [0.2, 0.25) is 5.28 Å². The van der Waals surface area contributed by atoms with Crippen molar-refractivity contribution in [2.45, 2.75) is 6.92 Å². The number of nitrogens with zero attached hydrogens (tertiary/aromatic N) is 3. The summed E-state index contributed by atoms with van der Waals surface area (Å²) in [7, 11) is 0. The van der Waals surface area contributed by atoms with Gasteiger partial charge in [0, 0.05) is 5.69 Å². The summed E-state index contributed by atoms with van der Waals surface area (Å²) in [6, 6.07) is 2.97. The minimum absolute atomic E-state index is 0.0443. The van der Waals surface area contributed by atoms with Gasteiger partial charge in [0.1, 0.15) is 5.82 Å². The zero-order chi connectivity index (χ0) is 13.3. The third kappa shape index (κ3) is 2.88. The molecule has 0 unspecified atom stereocenters. The van der Waals surface area contributed by atoms with E-state index >= 15 is 0 Å². The summed E-state index contributed by atoms with van der Waals surface area (Å²) in [6.45, 7) is 1.82. The van der Waals surface area contributed by atoms with Gasteiger partial charge in [-0.3, -0.25) is 0 Å². The monoisotopic (exact) mass is 350 g/mol. The molecule has 0 fully saturated rings. The zero-order valence-corrected chi connectivity index (χ0v) is 12.1. The van der Waals surface area contributed by atoms with Gasteiger partial charge in [0.25, 0.3) is 0 Å². The van der Waals surface area contributed by atoms with Gasteiger partial charge < -0.3 is 5.32 Å². The number of rotatable bonds is 2. The van der Waals surface area contributed by atoms with Gasteiger partial charge in [-0.1, -0.05) is 11.6 Å². The average molecular weight is 352 g/mol. The molecule has 1 heterocycles. The van der Waals surface area contributed by atoms with Gasteiger partial charge in [-0.15, -0.1) is 10.2 Å². The fourth-order valence-electron chi connectivity index (χ4n) is 1.28. The second-order valence-corrected chi connectivity index (χ2v) is 4.98. The molecule has 8 heteroatoms. The number of hydrogen-bond donors (Lipinski definition) is 1. The van der Waals surface area contributed by atoms with Gasteiger partial charge in [0.05, 0.1) is 4.47 Å². The molecule has 0 bridgehead atoms. The summed E-state index contributed by atoms with van der Waals surface area (Å²) < 4.78 is 13.8. The minimum Gasteiger partial charge on any atom is -0.337 e. The Balaban J connectivity index is 2.40. The van der Waals surface area contributed by atoms with Gasteiger partial charge in [-0.2, -0.15) is 4.98 Å². The van der Waals surface area contributed by atoms with Crippen LogP contribution in [0.3, 0.4) is 0 Å². The molecule has 18 heavy (non-hydrogen) atoms. The van der Waals surface area contributed by atoms with Crippen molar-refractivity contribution >= 4 is 50.6 Å². The van der Waals surface area contributed by atoms with E-state index in [0.29, 0.717) is 10.2 Å². The fourth-order valence-corrected chi connectivity index (χ4v) is 1.99. The Labute approximate surface area is 121 Å². The van der Waals surface area contributed by atoms with Crippen LogP contribution in [0.1, 0.15) is 5.56 Å². The summed E-state index contributed by atoms with van der Waals surface area (Å²) in [5.41, 5.74) is 1.34. The van der Waals surface area contributed by atoms with Crippen LogP contribution < -0.4 is 5.32 Å². The Kier molecular flexibility index (Phi) is 3.99. The predicted octanol–water partition coefficient (Wildman–Crippen LogP) is 4.13. The molecule has 0 saturated heterocycles. The van der Waals surface area contributed by atoms with Crippen LogP contribution in [0.25, 0.3) is 0 Å². The van der Waals surface area contributed by atoms with E-state index in [9.17, 15) is 4.39 Å². The highest BCUT2D eigenvalue weighted by molar-refractivity contribution is 9.10. The lowest BCUT2D eigenvalue weighted by Crippen LogP contribution is -2.01. The summed E-state index contributed by atoms with van der Waals surface area (Å²) in [6.07, 6.45) is 0. The van der Waals surface area contributed by atoms with Crippen molar-refractivity contribution in [3.8, 4) is 0 Å². The SMILES string of the molecule is Cc1cc(Br)c(F)cc1Nc1nc(Cl)nnc1Cl. The molecular weight excluding hydrogens is 346 g/mol. The lowest BCUT2D eigenvalue weighted by molar-refractivity contribution is 0.621. The van der Waals surface area contributed by atoms with E-state index in [-0.39, 0.29) is 16.3 Å². The first kappa shape index (κ1) is 13.5. The minimum atomic E-state index is -0.396. The molecule has 0 spiro atoms. The number of hydrogen-bond acceptors (Lipinski definition) is 4. The third-order valence-electron chi connectivity index (χ3n) is 2.14. The van der Waals surface area contributed by atoms with E-state index in [4.69, 9.17) is 23.2 Å². The van der Waals surface area contributed by atoms with Crippen LogP contribution in [0.4, 0.5) is 15.9 Å². The molecule has 0 radical (unpaired) electrons. The molecule has 1 aromatic carbocycles. The smallest absolute Gasteiger partial charge is 0.245 e. The summed E-state index contributed by atoms with van der Waals surface area (Å²) in [4.78, 5) is 3.88. The molecule has 0 aliphatic heterocycles. The molecule has 0 amide bonds. The van der Waals surface area contributed by atoms with Crippen LogP contribution in [-0.2, 0) is 0 Å². The summed E-state index contributed by atoms with van der Waals surface area (Å²) in [5.74, 6) is -0.172. The van der Waals surface area contributed by atoms with E-state index in [2.05, 4.69) is 36.4 Å². The van der Waals surface area contributed by atoms with Crippen molar-refractivity contribution in [3.05, 3.63) is 38.4 Å². The molecule has 1 aromatic heterocycles. The predicted molar refractivity (Wildman–Crippen MR) is 72.0 cm³/mol. The Morgan fingerprint density at radius 1 is 1.28 bits per heavy atom. The maximum absolute atomic E-state index is 13.4. The second kappa shape index (κ2) is 5.34. The summed E-state index contributed by atoms with van der Waals surface area (Å²) in [5, 5.41) is 9.96. The normalized spacial score (nSPS) is 10.5. The molecule has 0 aliphatic rings. The van der Waals surface area contributed by atoms with Crippen LogP contribution in [-0.4, -0.2) is 15.2 Å². The Hall–Kier alpha value is -0.980. The van der Waals surface area contributed by atoms with Crippen LogP contribution in [0.15, 0.2) is 16.6 Å². The van der Waals surface area contributed by atoms with Gasteiger partial charge in [0.15, 0.2) is 11.0 Å². The van der Waals surface area contributed by atoms with E-state index in [1.54, 1.807) is 6.07 Å². The molecule has 2 rings (SSSR count). The first-order valence-corrected chi connectivity index (χ1v) is 6.30. The van der Waals surface area contributed by atoms with Crippen molar-refractivity contribution in [2.75, 3.05) is 5.32 Å². The number of benzene rings is 1. The molecule has 94 valence electrons. The number of halogens is 4. The maximum atomic E-state index is 13.4. The van der Waals surface area contributed by atoms with Gasteiger partial charge >= 0.3 is 0 Å². The second-order valence-electron chi connectivity index (χ2n) is 3.43. The third-order valence-corrected chi connectivity index (χ3v) is 3.16. The largest absolute Gasteiger partial charge is 0.337 e. The number of anilines is 2. The van der Waals surface area contributed by atoms with E-state index in [1.165, 1.54) is 6.07 Å². The molecule has 2 aromatic rings. The Morgan fingerprint density at radius 3 is 2.72 bits per heavy atom. The van der Waals surface area contributed by atoms with Crippen LogP contribution in [0.5, 0.6) is 0 Å². The van der Waals surface area contributed by atoms with Crippen molar-refractivity contribution < 1.29 is 4.39 Å². The molecule has 1 N–H and O–H groups in total. The van der Waals surface area contributed by atoms with E-state index < -0.39 is 5.82 Å². The van der Waals surface area contributed by atoms with E-state index in [1.807, 2.05) is 6.92 Å². The standard InChI is InChI=1S/C10H6BrCl2FN4/c1-4-2-5(11)6(14)3-7(4)15-9-8(12)17-18-10(13)16-9/h2-3H,1H3,(H,15,16,18). The van der Waals surface area contributed by atoms with Crippen molar-refractivity contribution in [1.29, 1.82) is 0 Å². The number of aryl methyl sites for hydroxylation is 1. The Morgan fingerprint density at radius 2 is 2.00 bits per heavy atom. The van der Waals surface area contributed by atoms with Crippen LogP contribution >= 0.6 is 39.1 Å². The maximum Gasteiger partial charge on any atom is 0.245 e. The molecule has 0 aliphatic carbocycles. The average Bonchev–Trinajstić information content (AvgIpc) is 2.30. The number of aromatic nitrogens is 3. The first-order chi connectivity index (χ1) is 8.47. The van der Waals surface area contributed by atoms with Crippen LogP contribution in [0, 0.1) is 12.7 Å². The quantitative estimate of drug-likeness (QED) is 0.883.